The van der Waals surface area contributed by atoms with Gasteiger partial charge in [0.2, 0.25) is 0 Å². The zero-order valence-corrected chi connectivity index (χ0v) is 8.03. The average Bonchev–Trinajstić information content (AvgIpc) is 2.69. The third-order valence-electron chi connectivity index (χ3n) is 1.73. The number of rotatable bonds is 5. The van der Waals surface area contributed by atoms with Crippen molar-refractivity contribution < 1.29 is 13.9 Å². The number of nitrogens with two attached hydrogens (primary N) is 1. The van der Waals surface area contributed by atoms with Gasteiger partial charge in [0.15, 0.2) is 5.76 Å². The van der Waals surface area contributed by atoms with E-state index in [-0.39, 0.29) is 17.7 Å². The van der Waals surface area contributed by atoms with Gasteiger partial charge in [-0.15, -0.1) is 0 Å². The summed E-state index contributed by atoms with van der Waals surface area (Å²) >= 11 is 0. The maximum Gasteiger partial charge on any atom is 0.287 e. The van der Waals surface area contributed by atoms with Gasteiger partial charge >= 0.3 is 0 Å². The molecule has 1 rings (SSSR count). The number of methoxy groups -OCH3 is 1. The first-order valence-corrected chi connectivity index (χ1v) is 4.31. The second-order valence-electron chi connectivity index (χ2n) is 2.84. The highest BCUT2D eigenvalue weighted by Gasteiger charge is 2.13. The Bertz CT molecular complexity index is 272. The lowest BCUT2D eigenvalue weighted by Crippen LogP contribution is -2.43. The normalized spacial score (nSPS) is 12.4. The third-order valence-corrected chi connectivity index (χ3v) is 1.73. The van der Waals surface area contributed by atoms with E-state index in [1.165, 1.54) is 6.26 Å². The molecule has 0 radical (unpaired) electrons. The quantitative estimate of drug-likeness (QED) is 0.697. The van der Waals surface area contributed by atoms with E-state index in [1.54, 1.807) is 19.2 Å². The molecule has 1 aromatic rings. The number of carbonyl (C=O) groups is 1. The monoisotopic (exact) mass is 198 g/mol. The molecule has 5 nitrogen and oxygen atoms in total. The van der Waals surface area contributed by atoms with Crippen LogP contribution in [0, 0.1) is 0 Å². The van der Waals surface area contributed by atoms with Crippen LogP contribution in [0.2, 0.25) is 0 Å². The van der Waals surface area contributed by atoms with Crippen LogP contribution < -0.4 is 11.1 Å². The highest BCUT2D eigenvalue weighted by Crippen LogP contribution is 1.99. The summed E-state index contributed by atoms with van der Waals surface area (Å²) in [7, 11) is 1.56. The Morgan fingerprint density at radius 2 is 2.57 bits per heavy atom. The zero-order chi connectivity index (χ0) is 10.4. The summed E-state index contributed by atoms with van der Waals surface area (Å²) in [5.74, 6) is 0.00190. The van der Waals surface area contributed by atoms with Gasteiger partial charge in [-0.2, -0.15) is 0 Å². The van der Waals surface area contributed by atoms with Gasteiger partial charge in [0.25, 0.3) is 5.91 Å². The van der Waals surface area contributed by atoms with Crippen LogP contribution in [0.15, 0.2) is 22.8 Å². The molecule has 0 aliphatic heterocycles. The second-order valence-corrected chi connectivity index (χ2v) is 2.84. The van der Waals surface area contributed by atoms with Crippen LogP contribution >= 0.6 is 0 Å². The summed E-state index contributed by atoms with van der Waals surface area (Å²) in [6.45, 7) is 0.725. The maximum absolute atomic E-state index is 11.4. The van der Waals surface area contributed by atoms with Gasteiger partial charge in [-0.05, 0) is 12.1 Å². The van der Waals surface area contributed by atoms with Crippen molar-refractivity contribution >= 4 is 5.91 Å². The first-order valence-electron chi connectivity index (χ1n) is 4.31. The van der Waals surface area contributed by atoms with Gasteiger partial charge in [0.1, 0.15) is 0 Å². The number of hydrogen-bond acceptors (Lipinski definition) is 4. The minimum atomic E-state index is -0.275. The van der Waals surface area contributed by atoms with Crippen molar-refractivity contribution in [2.24, 2.45) is 5.73 Å². The SMILES string of the molecule is COCC(CN)NC(=O)c1ccco1. The topological polar surface area (TPSA) is 77.5 Å². The Labute approximate surface area is 82.2 Å². The molecule has 0 bridgehead atoms. The van der Waals surface area contributed by atoms with Crippen LogP contribution in [0.25, 0.3) is 0 Å². The molecule has 0 aromatic carbocycles. The minimum absolute atomic E-state index is 0.183. The van der Waals surface area contributed by atoms with Crippen LogP contribution in [0.1, 0.15) is 10.6 Å². The van der Waals surface area contributed by atoms with Gasteiger partial charge in [0.05, 0.1) is 18.9 Å². The largest absolute Gasteiger partial charge is 0.459 e. The van der Waals surface area contributed by atoms with Gasteiger partial charge < -0.3 is 20.2 Å². The van der Waals surface area contributed by atoms with Crippen molar-refractivity contribution in [3.63, 3.8) is 0 Å². The van der Waals surface area contributed by atoms with Gasteiger partial charge in [-0.3, -0.25) is 4.79 Å². The molecular formula is C9H14N2O3. The van der Waals surface area contributed by atoms with Crippen LogP contribution in [0.3, 0.4) is 0 Å². The lowest BCUT2D eigenvalue weighted by atomic mass is 10.3. The molecule has 0 aliphatic carbocycles. The first-order chi connectivity index (χ1) is 6.77. The van der Waals surface area contributed by atoms with E-state index in [4.69, 9.17) is 14.9 Å². The summed E-state index contributed by atoms with van der Waals surface area (Å²) in [6.07, 6.45) is 1.45. The highest BCUT2D eigenvalue weighted by atomic mass is 16.5. The van der Waals surface area contributed by atoms with E-state index < -0.39 is 0 Å². The smallest absolute Gasteiger partial charge is 0.287 e. The summed E-state index contributed by atoms with van der Waals surface area (Å²) in [5, 5.41) is 2.69. The van der Waals surface area contributed by atoms with Crippen molar-refractivity contribution in [3.8, 4) is 0 Å². The summed E-state index contributed by atoms with van der Waals surface area (Å²) < 4.78 is 9.81. The van der Waals surface area contributed by atoms with Crippen molar-refractivity contribution in [3.05, 3.63) is 24.2 Å². The number of ether oxygens (including phenoxy) is 1. The first kappa shape index (κ1) is 10.7. The molecular weight excluding hydrogens is 184 g/mol. The van der Waals surface area contributed by atoms with Gasteiger partial charge in [0, 0.05) is 13.7 Å². The molecule has 1 amide bonds. The number of hydrogen-bond donors (Lipinski definition) is 2. The van der Waals surface area contributed by atoms with E-state index in [9.17, 15) is 4.79 Å². The fraction of sp³-hybridized carbons (Fsp3) is 0.444. The highest BCUT2D eigenvalue weighted by molar-refractivity contribution is 5.91. The van der Waals surface area contributed by atoms with Crippen molar-refractivity contribution in [2.45, 2.75) is 6.04 Å². The Morgan fingerprint density at radius 1 is 1.79 bits per heavy atom. The number of carbonyl (C=O) groups excluding carboxylic acids is 1. The van der Waals surface area contributed by atoms with E-state index in [0.717, 1.165) is 0 Å². The lowest BCUT2D eigenvalue weighted by Gasteiger charge is -2.14. The predicted molar refractivity (Wildman–Crippen MR) is 50.9 cm³/mol. The Kier molecular flexibility index (Phi) is 4.15. The summed E-state index contributed by atoms with van der Waals surface area (Å²) in [6, 6.07) is 3.07. The van der Waals surface area contributed by atoms with Crippen LogP contribution in [0.5, 0.6) is 0 Å². The van der Waals surface area contributed by atoms with E-state index in [0.29, 0.717) is 13.2 Å². The number of nitrogens with one attached hydrogen (secondary N) is 1. The Balaban J connectivity index is 2.47. The number of amides is 1. The molecule has 3 N–H and O–H groups in total. The van der Waals surface area contributed by atoms with E-state index in [2.05, 4.69) is 5.32 Å². The van der Waals surface area contributed by atoms with Crippen LogP contribution in [-0.4, -0.2) is 32.2 Å². The lowest BCUT2D eigenvalue weighted by molar-refractivity contribution is 0.0873. The standard InChI is InChI=1S/C9H14N2O3/c1-13-6-7(5-10)11-9(12)8-3-2-4-14-8/h2-4,7H,5-6,10H2,1H3,(H,11,12). The van der Waals surface area contributed by atoms with E-state index >= 15 is 0 Å². The summed E-state index contributed by atoms with van der Waals surface area (Å²) in [4.78, 5) is 11.4. The fourth-order valence-electron chi connectivity index (χ4n) is 1.03. The second kappa shape index (κ2) is 5.41. The molecule has 0 spiro atoms. The molecule has 0 aliphatic rings. The molecule has 14 heavy (non-hydrogen) atoms. The molecule has 1 atom stereocenters. The molecule has 0 fully saturated rings. The molecule has 78 valence electrons. The van der Waals surface area contributed by atoms with Crippen LogP contribution in [0.4, 0.5) is 0 Å². The van der Waals surface area contributed by atoms with Crippen LogP contribution in [-0.2, 0) is 4.74 Å². The van der Waals surface area contributed by atoms with Crippen molar-refractivity contribution in [2.75, 3.05) is 20.3 Å². The van der Waals surface area contributed by atoms with Gasteiger partial charge in [-0.1, -0.05) is 0 Å². The van der Waals surface area contributed by atoms with Gasteiger partial charge in [-0.25, -0.2) is 0 Å². The molecule has 1 unspecified atom stereocenters. The molecule has 1 heterocycles. The average molecular weight is 198 g/mol. The van der Waals surface area contributed by atoms with Crippen molar-refractivity contribution in [1.29, 1.82) is 0 Å². The molecule has 1 aromatic heterocycles. The zero-order valence-electron chi connectivity index (χ0n) is 8.03. The van der Waals surface area contributed by atoms with Crippen molar-refractivity contribution in [1.82, 2.24) is 5.32 Å². The third kappa shape index (κ3) is 2.86. The molecule has 5 heteroatoms. The van der Waals surface area contributed by atoms with E-state index in [1.807, 2.05) is 0 Å². The minimum Gasteiger partial charge on any atom is -0.459 e. The molecule has 0 saturated carbocycles. The maximum atomic E-state index is 11.4. The summed E-state index contributed by atoms with van der Waals surface area (Å²) in [5.41, 5.74) is 5.44. The number of furan rings is 1. The molecule has 0 saturated heterocycles. The Hall–Kier alpha value is -1.33. The predicted octanol–water partition coefficient (Wildman–Crippen LogP) is -0.0169. The fourth-order valence-corrected chi connectivity index (χ4v) is 1.03. The Morgan fingerprint density at radius 3 is 3.07 bits per heavy atom.